The van der Waals surface area contributed by atoms with Crippen molar-refractivity contribution in [3.8, 4) is 5.75 Å². The number of amides is 3. The van der Waals surface area contributed by atoms with Crippen LogP contribution in [0.3, 0.4) is 0 Å². The summed E-state index contributed by atoms with van der Waals surface area (Å²) >= 11 is 0.746. The van der Waals surface area contributed by atoms with Crippen molar-refractivity contribution in [3.05, 3.63) is 64.6 Å². The number of phenols is 1. The van der Waals surface area contributed by atoms with Crippen molar-refractivity contribution in [1.82, 2.24) is 4.90 Å². The summed E-state index contributed by atoms with van der Waals surface area (Å²) in [6.07, 6.45) is 1.57. The fourth-order valence-corrected chi connectivity index (χ4v) is 3.31. The molecule has 0 saturated carbocycles. The number of rotatable bonds is 5. The van der Waals surface area contributed by atoms with Crippen molar-refractivity contribution in [2.24, 2.45) is 0 Å². The molecule has 142 valence electrons. The zero-order chi connectivity index (χ0) is 20.3. The van der Waals surface area contributed by atoms with Crippen LogP contribution < -0.4 is 5.32 Å². The molecular weight excluding hydrogens is 384 g/mol. The fourth-order valence-electron chi connectivity index (χ4n) is 2.47. The number of anilines is 1. The van der Waals surface area contributed by atoms with Crippen LogP contribution in [0, 0.1) is 0 Å². The first-order chi connectivity index (χ1) is 13.3. The first kappa shape index (κ1) is 19.2. The minimum Gasteiger partial charge on any atom is -0.507 e. The standard InChI is InChI=1S/C19H14N2O6S/c22-14-9-12(6-7-13(14)18(25)26)20-16(23)10-21-17(24)15(28-19(21)27)8-11-4-2-1-3-5-11/h1-9,22H,10H2,(H,20,23)(H,25,26)/b15-8-. The highest BCUT2D eigenvalue weighted by Crippen LogP contribution is 2.32. The van der Waals surface area contributed by atoms with E-state index < -0.39 is 35.3 Å². The Kier molecular flexibility index (Phi) is 5.46. The molecule has 3 rings (SSSR count). The highest BCUT2D eigenvalue weighted by molar-refractivity contribution is 8.18. The molecule has 0 bridgehead atoms. The second-order valence-electron chi connectivity index (χ2n) is 5.76. The van der Waals surface area contributed by atoms with Crippen molar-refractivity contribution in [3.63, 3.8) is 0 Å². The third kappa shape index (κ3) is 4.21. The quantitative estimate of drug-likeness (QED) is 0.662. The van der Waals surface area contributed by atoms with Gasteiger partial charge < -0.3 is 15.5 Å². The van der Waals surface area contributed by atoms with Gasteiger partial charge in [-0.1, -0.05) is 30.3 Å². The van der Waals surface area contributed by atoms with Gasteiger partial charge in [-0.2, -0.15) is 0 Å². The number of aromatic hydroxyl groups is 1. The molecule has 2 aromatic rings. The van der Waals surface area contributed by atoms with E-state index in [1.807, 2.05) is 6.07 Å². The number of aromatic carboxylic acids is 1. The molecule has 3 amide bonds. The van der Waals surface area contributed by atoms with Crippen molar-refractivity contribution in [1.29, 1.82) is 0 Å². The van der Waals surface area contributed by atoms with Crippen LogP contribution in [0.1, 0.15) is 15.9 Å². The molecule has 1 aliphatic rings. The molecule has 0 unspecified atom stereocenters. The van der Waals surface area contributed by atoms with Gasteiger partial charge in [-0.3, -0.25) is 19.3 Å². The number of thioether (sulfide) groups is 1. The predicted octanol–water partition coefficient (Wildman–Crippen LogP) is 2.77. The summed E-state index contributed by atoms with van der Waals surface area (Å²) in [6, 6.07) is 12.5. The van der Waals surface area contributed by atoms with Crippen LogP contribution in [0.4, 0.5) is 10.5 Å². The Labute approximate surface area is 163 Å². The lowest BCUT2D eigenvalue weighted by molar-refractivity contribution is -0.127. The van der Waals surface area contributed by atoms with Crippen LogP contribution >= 0.6 is 11.8 Å². The minimum atomic E-state index is -1.31. The average molecular weight is 398 g/mol. The van der Waals surface area contributed by atoms with E-state index in [1.54, 1.807) is 30.3 Å². The topological polar surface area (TPSA) is 124 Å². The number of nitrogens with zero attached hydrogens (tertiary/aromatic N) is 1. The minimum absolute atomic E-state index is 0.138. The van der Waals surface area contributed by atoms with Crippen molar-refractivity contribution in [2.45, 2.75) is 0 Å². The van der Waals surface area contributed by atoms with Crippen molar-refractivity contribution in [2.75, 3.05) is 11.9 Å². The van der Waals surface area contributed by atoms with Gasteiger partial charge in [0.25, 0.3) is 11.1 Å². The molecule has 0 radical (unpaired) electrons. The van der Waals surface area contributed by atoms with E-state index in [-0.39, 0.29) is 16.2 Å². The molecule has 1 fully saturated rings. The summed E-state index contributed by atoms with van der Waals surface area (Å²) in [7, 11) is 0. The summed E-state index contributed by atoms with van der Waals surface area (Å²) in [5, 5.41) is 20.4. The van der Waals surface area contributed by atoms with Crippen LogP contribution in [0.2, 0.25) is 0 Å². The zero-order valence-electron chi connectivity index (χ0n) is 14.3. The Balaban J connectivity index is 1.68. The molecule has 9 heteroatoms. The summed E-state index contributed by atoms with van der Waals surface area (Å²) in [5.74, 6) is -3.05. The summed E-state index contributed by atoms with van der Waals surface area (Å²) < 4.78 is 0. The number of hydrogen-bond acceptors (Lipinski definition) is 6. The molecule has 1 aliphatic heterocycles. The maximum Gasteiger partial charge on any atom is 0.339 e. The molecule has 2 aromatic carbocycles. The largest absolute Gasteiger partial charge is 0.507 e. The highest BCUT2D eigenvalue weighted by atomic mass is 32.2. The van der Waals surface area contributed by atoms with E-state index >= 15 is 0 Å². The SMILES string of the molecule is O=C(CN1C(=O)S/C(=C\c2ccccc2)C1=O)Nc1ccc(C(=O)O)c(O)c1. The highest BCUT2D eigenvalue weighted by Gasteiger charge is 2.36. The summed E-state index contributed by atoms with van der Waals surface area (Å²) in [6.45, 7) is -0.502. The Bertz CT molecular complexity index is 1000. The van der Waals surface area contributed by atoms with E-state index in [9.17, 15) is 24.3 Å². The number of carboxylic acids is 1. The second-order valence-corrected chi connectivity index (χ2v) is 6.76. The van der Waals surface area contributed by atoms with Crippen LogP contribution in [0.5, 0.6) is 5.75 Å². The van der Waals surface area contributed by atoms with E-state index in [0.717, 1.165) is 34.4 Å². The first-order valence-corrected chi connectivity index (χ1v) is 8.83. The molecule has 0 spiro atoms. The van der Waals surface area contributed by atoms with Gasteiger partial charge in [0.05, 0.1) is 4.91 Å². The molecule has 1 saturated heterocycles. The van der Waals surface area contributed by atoms with Crippen LogP contribution in [-0.4, -0.2) is 44.7 Å². The Morgan fingerprint density at radius 2 is 1.82 bits per heavy atom. The van der Waals surface area contributed by atoms with Crippen LogP contribution in [-0.2, 0) is 9.59 Å². The second kappa shape index (κ2) is 7.97. The van der Waals surface area contributed by atoms with Gasteiger partial charge in [0.1, 0.15) is 17.9 Å². The molecule has 8 nitrogen and oxygen atoms in total. The lowest BCUT2D eigenvalue weighted by atomic mass is 10.2. The molecule has 0 aliphatic carbocycles. The lowest BCUT2D eigenvalue weighted by Crippen LogP contribution is -2.36. The number of carboxylic acid groups (broad SMARTS) is 1. The van der Waals surface area contributed by atoms with Gasteiger partial charge in [0.15, 0.2) is 0 Å². The van der Waals surface area contributed by atoms with Crippen molar-refractivity contribution >= 4 is 46.5 Å². The Morgan fingerprint density at radius 1 is 1.11 bits per heavy atom. The number of hydrogen-bond donors (Lipinski definition) is 3. The third-order valence-electron chi connectivity index (χ3n) is 3.78. The molecule has 1 heterocycles. The zero-order valence-corrected chi connectivity index (χ0v) is 15.1. The van der Waals surface area contributed by atoms with E-state index in [0.29, 0.717) is 0 Å². The van der Waals surface area contributed by atoms with Gasteiger partial charge in [-0.25, -0.2) is 4.79 Å². The summed E-state index contributed by atoms with van der Waals surface area (Å²) in [5.41, 5.74) is 0.584. The predicted molar refractivity (Wildman–Crippen MR) is 103 cm³/mol. The Hall–Kier alpha value is -3.59. The van der Waals surface area contributed by atoms with Gasteiger partial charge >= 0.3 is 5.97 Å². The van der Waals surface area contributed by atoms with Gasteiger partial charge in [-0.15, -0.1) is 0 Å². The van der Waals surface area contributed by atoms with Crippen LogP contribution in [0.25, 0.3) is 6.08 Å². The first-order valence-electron chi connectivity index (χ1n) is 8.02. The number of imide groups is 1. The lowest BCUT2D eigenvalue weighted by Gasteiger charge is -2.13. The molecular formula is C19H14N2O6S. The van der Waals surface area contributed by atoms with Crippen LogP contribution in [0.15, 0.2) is 53.4 Å². The fraction of sp³-hybridized carbons (Fsp3) is 0.0526. The monoisotopic (exact) mass is 398 g/mol. The van der Waals surface area contributed by atoms with Gasteiger partial charge in [0, 0.05) is 11.8 Å². The maximum absolute atomic E-state index is 12.4. The van der Waals surface area contributed by atoms with Crippen molar-refractivity contribution < 1.29 is 29.4 Å². The Morgan fingerprint density at radius 3 is 2.46 bits per heavy atom. The van der Waals surface area contributed by atoms with Gasteiger partial charge in [-0.05, 0) is 35.5 Å². The molecule has 3 N–H and O–H groups in total. The average Bonchev–Trinajstić information content (AvgIpc) is 2.89. The molecule has 28 heavy (non-hydrogen) atoms. The number of carbonyl (C=O) groups is 4. The smallest absolute Gasteiger partial charge is 0.339 e. The molecule has 0 aromatic heterocycles. The third-order valence-corrected chi connectivity index (χ3v) is 4.69. The number of benzene rings is 2. The maximum atomic E-state index is 12.4. The molecule has 0 atom stereocenters. The van der Waals surface area contributed by atoms with E-state index in [1.165, 1.54) is 6.07 Å². The summed E-state index contributed by atoms with van der Waals surface area (Å²) in [4.78, 5) is 48.6. The number of nitrogens with one attached hydrogen (secondary N) is 1. The van der Waals surface area contributed by atoms with E-state index in [4.69, 9.17) is 5.11 Å². The number of carbonyl (C=O) groups excluding carboxylic acids is 3. The normalized spacial score (nSPS) is 15.1. The van der Waals surface area contributed by atoms with E-state index in [2.05, 4.69) is 5.32 Å². The van der Waals surface area contributed by atoms with Gasteiger partial charge in [0.2, 0.25) is 5.91 Å².